The molecule has 6 nitrogen and oxygen atoms in total. The summed E-state index contributed by atoms with van der Waals surface area (Å²) in [4.78, 5) is 0. The minimum atomic E-state index is -3.66. The molecule has 0 aromatic heterocycles. The molecule has 0 saturated carbocycles. The van der Waals surface area contributed by atoms with E-state index in [1.54, 1.807) is 6.92 Å². The maximum Gasteiger partial charge on any atom is 0.399 e. The third-order valence-electron chi connectivity index (χ3n) is 5.40. The Morgan fingerprint density at radius 2 is 1.10 bits per heavy atom. The van der Waals surface area contributed by atoms with Crippen molar-refractivity contribution in [1.82, 2.24) is 0 Å². The molecule has 0 saturated heterocycles. The molecule has 0 radical (unpaired) electrons. The van der Waals surface area contributed by atoms with Gasteiger partial charge in [-0.1, -0.05) is 104 Å². The van der Waals surface area contributed by atoms with Crippen molar-refractivity contribution in [2.45, 2.75) is 123 Å². The quantitative estimate of drug-likeness (QED) is 0.210. The van der Waals surface area contributed by atoms with Crippen LogP contribution in [0.3, 0.4) is 0 Å². The molecule has 29 heavy (non-hydrogen) atoms. The molecule has 7 heteroatoms. The monoisotopic (exact) mass is 439 g/mol. The fourth-order valence-electron chi connectivity index (χ4n) is 3.01. The lowest BCUT2D eigenvalue weighted by atomic mass is 9.93. The van der Waals surface area contributed by atoms with Crippen LogP contribution < -0.4 is 5.73 Å². The first-order valence-corrected chi connectivity index (χ1v) is 12.8. The Hall–Kier alpha value is -0.210. The van der Waals surface area contributed by atoms with E-state index in [2.05, 4.69) is 15.3 Å². The van der Waals surface area contributed by atoms with Gasteiger partial charge in [0.2, 0.25) is 0 Å². The van der Waals surface area contributed by atoms with Gasteiger partial charge in [-0.2, -0.15) is 8.42 Å². The van der Waals surface area contributed by atoms with Crippen LogP contribution in [-0.4, -0.2) is 33.5 Å². The third-order valence-corrected chi connectivity index (χ3v) is 6.21. The van der Waals surface area contributed by atoms with E-state index in [-0.39, 0.29) is 5.92 Å². The van der Waals surface area contributed by atoms with Gasteiger partial charge < -0.3 is 10.8 Å². The Kier molecular flexibility index (Phi) is 21.1. The van der Waals surface area contributed by atoms with Crippen molar-refractivity contribution >= 4 is 10.4 Å². The highest BCUT2D eigenvalue weighted by molar-refractivity contribution is 7.81. The Balaban J connectivity index is 0. The molecule has 0 aliphatic carbocycles. The SMILES string of the molecule is CCCCCCCCCCCCCCCCC(C)C(C)(N)O.COS(=O)(=O)OC. The van der Waals surface area contributed by atoms with Crippen molar-refractivity contribution in [3.63, 3.8) is 0 Å². The number of hydrogen-bond acceptors (Lipinski definition) is 6. The first-order chi connectivity index (χ1) is 13.6. The Bertz CT molecular complexity index is 425. The summed E-state index contributed by atoms with van der Waals surface area (Å²) in [6.07, 6.45) is 20.5. The zero-order valence-corrected chi connectivity index (χ0v) is 20.6. The second-order valence-electron chi connectivity index (χ2n) is 8.25. The summed E-state index contributed by atoms with van der Waals surface area (Å²) in [5, 5.41) is 9.67. The molecule has 0 bridgehead atoms. The van der Waals surface area contributed by atoms with Crippen LogP contribution in [-0.2, 0) is 18.8 Å². The second kappa shape index (κ2) is 19.7. The average Bonchev–Trinajstić information content (AvgIpc) is 2.67. The van der Waals surface area contributed by atoms with Gasteiger partial charge in [0.15, 0.2) is 0 Å². The maximum atomic E-state index is 9.92. The van der Waals surface area contributed by atoms with Gasteiger partial charge >= 0.3 is 10.4 Å². The van der Waals surface area contributed by atoms with Crippen LogP contribution in [0, 0.1) is 5.92 Å². The van der Waals surface area contributed by atoms with Gasteiger partial charge in [0, 0.05) is 0 Å². The molecule has 178 valence electrons. The lowest BCUT2D eigenvalue weighted by Crippen LogP contribution is -2.42. The van der Waals surface area contributed by atoms with Crippen molar-refractivity contribution in [3.05, 3.63) is 0 Å². The third kappa shape index (κ3) is 23.9. The molecule has 2 unspecified atom stereocenters. The fraction of sp³-hybridized carbons (Fsp3) is 1.00. The zero-order valence-electron chi connectivity index (χ0n) is 19.7. The Morgan fingerprint density at radius 3 is 1.34 bits per heavy atom. The molecular formula is C22H49NO5S. The van der Waals surface area contributed by atoms with Crippen LogP contribution >= 0.6 is 0 Å². The fourth-order valence-corrected chi connectivity index (χ4v) is 3.14. The minimum Gasteiger partial charge on any atom is -0.376 e. The van der Waals surface area contributed by atoms with Crippen molar-refractivity contribution in [1.29, 1.82) is 0 Å². The molecule has 0 amide bonds. The molecule has 0 spiro atoms. The lowest BCUT2D eigenvalue weighted by Gasteiger charge is -2.25. The molecule has 2 atom stereocenters. The molecule has 0 rings (SSSR count). The number of unbranched alkanes of at least 4 members (excludes halogenated alkanes) is 13. The van der Waals surface area contributed by atoms with Gasteiger partial charge in [0.05, 0.1) is 14.2 Å². The van der Waals surface area contributed by atoms with Gasteiger partial charge in [-0.3, -0.25) is 8.37 Å². The van der Waals surface area contributed by atoms with E-state index in [1.165, 1.54) is 89.9 Å². The summed E-state index contributed by atoms with van der Waals surface area (Å²) >= 11 is 0. The lowest BCUT2D eigenvalue weighted by molar-refractivity contribution is 0.00810. The van der Waals surface area contributed by atoms with E-state index in [0.29, 0.717) is 0 Å². The molecular weight excluding hydrogens is 390 g/mol. The summed E-state index contributed by atoms with van der Waals surface area (Å²) in [5.41, 5.74) is 4.69. The van der Waals surface area contributed by atoms with Crippen molar-refractivity contribution in [3.8, 4) is 0 Å². The molecule has 0 aromatic rings. The summed E-state index contributed by atoms with van der Waals surface area (Å²) in [5.74, 6) is 0.199. The van der Waals surface area contributed by atoms with Crippen LogP contribution in [0.4, 0.5) is 0 Å². The van der Waals surface area contributed by atoms with Crippen molar-refractivity contribution in [2.24, 2.45) is 11.7 Å². The first kappa shape index (κ1) is 31.0. The van der Waals surface area contributed by atoms with E-state index >= 15 is 0 Å². The highest BCUT2D eigenvalue weighted by atomic mass is 32.3. The van der Waals surface area contributed by atoms with Gasteiger partial charge in [-0.05, 0) is 19.3 Å². The topological polar surface area (TPSA) is 98.9 Å². The largest absolute Gasteiger partial charge is 0.399 e. The Labute approximate surface area is 181 Å². The summed E-state index contributed by atoms with van der Waals surface area (Å²) < 4.78 is 27.5. The molecule has 0 aliphatic rings. The summed E-state index contributed by atoms with van der Waals surface area (Å²) in [7, 11) is -1.60. The predicted octanol–water partition coefficient (Wildman–Crippen LogP) is 5.69. The van der Waals surface area contributed by atoms with E-state index in [4.69, 9.17) is 5.73 Å². The van der Waals surface area contributed by atoms with Crippen LogP contribution in [0.15, 0.2) is 0 Å². The number of aliphatic hydroxyl groups is 1. The van der Waals surface area contributed by atoms with Crippen LogP contribution in [0.1, 0.15) is 117 Å². The number of rotatable bonds is 18. The van der Waals surface area contributed by atoms with Crippen LogP contribution in [0.2, 0.25) is 0 Å². The molecule has 0 aromatic carbocycles. The minimum absolute atomic E-state index is 0.199. The number of hydrogen-bond donors (Lipinski definition) is 2. The standard InChI is InChI=1S/C20H43NO.C2H6O4S/c1-4-5-6-7-8-9-10-11-12-13-14-15-16-17-18-19(2)20(3,21)22;1-5-7(3,4)6-2/h19,22H,4-18,21H2,1-3H3;1-2H3. The van der Waals surface area contributed by atoms with Crippen LogP contribution in [0.5, 0.6) is 0 Å². The normalized spacial score (nSPS) is 14.7. The van der Waals surface area contributed by atoms with Gasteiger partial charge in [-0.15, -0.1) is 0 Å². The molecule has 0 heterocycles. The Morgan fingerprint density at radius 1 is 0.793 bits per heavy atom. The number of nitrogens with two attached hydrogens (primary N) is 1. The van der Waals surface area contributed by atoms with Crippen molar-refractivity contribution < 1.29 is 21.9 Å². The van der Waals surface area contributed by atoms with Gasteiger partial charge in [-0.25, -0.2) is 0 Å². The van der Waals surface area contributed by atoms with Gasteiger partial charge in [0.25, 0.3) is 0 Å². The van der Waals surface area contributed by atoms with E-state index in [9.17, 15) is 13.5 Å². The first-order valence-electron chi connectivity index (χ1n) is 11.5. The summed E-state index contributed by atoms with van der Waals surface area (Å²) in [6.45, 7) is 6.03. The van der Waals surface area contributed by atoms with Crippen molar-refractivity contribution in [2.75, 3.05) is 14.2 Å². The van der Waals surface area contributed by atoms with E-state index in [1.807, 2.05) is 6.92 Å². The summed E-state index contributed by atoms with van der Waals surface area (Å²) in [6, 6.07) is 0. The van der Waals surface area contributed by atoms with E-state index in [0.717, 1.165) is 20.6 Å². The van der Waals surface area contributed by atoms with Gasteiger partial charge in [0.1, 0.15) is 5.72 Å². The predicted molar refractivity (Wildman–Crippen MR) is 122 cm³/mol. The molecule has 0 aliphatic heterocycles. The average molecular weight is 440 g/mol. The van der Waals surface area contributed by atoms with E-state index < -0.39 is 16.1 Å². The molecule has 3 N–H and O–H groups in total. The second-order valence-corrected chi connectivity index (χ2v) is 9.74. The highest BCUT2D eigenvalue weighted by Gasteiger charge is 2.21. The maximum absolute atomic E-state index is 9.92. The highest BCUT2D eigenvalue weighted by Crippen LogP contribution is 2.19. The molecule has 0 fully saturated rings. The van der Waals surface area contributed by atoms with Crippen LogP contribution in [0.25, 0.3) is 0 Å². The zero-order chi connectivity index (χ0) is 22.6. The smallest absolute Gasteiger partial charge is 0.376 e.